The summed E-state index contributed by atoms with van der Waals surface area (Å²) in [6.45, 7) is 2.09. The van der Waals surface area contributed by atoms with E-state index in [1.54, 1.807) is 17.0 Å². The van der Waals surface area contributed by atoms with Crippen LogP contribution in [-0.2, 0) is 16.0 Å². The van der Waals surface area contributed by atoms with Crippen molar-refractivity contribution in [2.24, 2.45) is 5.92 Å². The van der Waals surface area contributed by atoms with Gasteiger partial charge in [-0.2, -0.15) is 0 Å². The fourth-order valence-corrected chi connectivity index (χ4v) is 4.10. The predicted molar refractivity (Wildman–Crippen MR) is 92.0 cm³/mol. The average molecular weight is 365 g/mol. The lowest BCUT2D eigenvalue weighted by Gasteiger charge is -2.32. The van der Waals surface area contributed by atoms with Crippen LogP contribution in [0.15, 0.2) is 12.1 Å². The molecule has 7 heteroatoms. The van der Waals surface area contributed by atoms with Gasteiger partial charge in [0.1, 0.15) is 13.2 Å². The molecule has 2 amide bonds. The van der Waals surface area contributed by atoms with Gasteiger partial charge in [-0.25, -0.2) is 0 Å². The van der Waals surface area contributed by atoms with Crippen molar-refractivity contribution >= 4 is 23.4 Å². The second-order valence-corrected chi connectivity index (χ2v) is 7.35. The average Bonchev–Trinajstić information content (AvgIpc) is 2.89. The van der Waals surface area contributed by atoms with E-state index < -0.39 is 0 Å². The number of likely N-dealkylation sites (N-methyl/N-ethyl adjacent to an activating group) is 1. The molecule has 2 bridgehead atoms. The largest absolute Gasteiger partial charge is 0.486 e. The maximum absolute atomic E-state index is 12.8. The molecule has 2 atom stereocenters. The summed E-state index contributed by atoms with van der Waals surface area (Å²) in [6.07, 6.45) is 2.02. The number of benzene rings is 1. The van der Waals surface area contributed by atoms with Gasteiger partial charge in [-0.15, -0.1) is 0 Å². The Labute approximate surface area is 151 Å². The molecule has 1 aromatic carbocycles. The van der Waals surface area contributed by atoms with E-state index in [1.165, 1.54) is 0 Å². The Morgan fingerprint density at radius 1 is 1.20 bits per heavy atom. The first-order valence-corrected chi connectivity index (χ1v) is 9.03. The predicted octanol–water partition coefficient (Wildman–Crippen LogP) is 1.73. The molecule has 3 fully saturated rings. The van der Waals surface area contributed by atoms with Crippen molar-refractivity contribution in [1.29, 1.82) is 0 Å². The highest BCUT2D eigenvalue weighted by Crippen LogP contribution is 2.36. The molecule has 4 aliphatic heterocycles. The van der Waals surface area contributed by atoms with Crippen LogP contribution < -0.4 is 9.47 Å². The third kappa shape index (κ3) is 3.03. The van der Waals surface area contributed by atoms with Crippen LogP contribution in [-0.4, -0.2) is 61.0 Å². The van der Waals surface area contributed by atoms with E-state index in [4.69, 9.17) is 21.1 Å². The van der Waals surface area contributed by atoms with Crippen LogP contribution in [0.2, 0.25) is 5.02 Å². The minimum absolute atomic E-state index is 0.00132. The van der Waals surface area contributed by atoms with Gasteiger partial charge in [-0.3, -0.25) is 9.59 Å². The van der Waals surface area contributed by atoms with Crippen LogP contribution in [0.25, 0.3) is 0 Å². The highest BCUT2D eigenvalue weighted by atomic mass is 35.5. The Morgan fingerprint density at radius 2 is 1.92 bits per heavy atom. The minimum atomic E-state index is -0.0801. The van der Waals surface area contributed by atoms with E-state index in [2.05, 4.69) is 0 Å². The summed E-state index contributed by atoms with van der Waals surface area (Å²) in [7, 11) is 1.84. The number of ether oxygens (including phenoxy) is 2. The number of carbonyl (C=O) groups excluding carboxylic acids is 2. The summed E-state index contributed by atoms with van der Waals surface area (Å²) >= 11 is 6.32. The van der Waals surface area contributed by atoms with E-state index in [-0.39, 0.29) is 30.2 Å². The van der Waals surface area contributed by atoms with Gasteiger partial charge in [0, 0.05) is 37.3 Å². The summed E-state index contributed by atoms with van der Waals surface area (Å²) in [5, 5.41) is 0.503. The molecular weight excluding hydrogens is 344 g/mol. The zero-order valence-corrected chi connectivity index (χ0v) is 14.9. The normalized spacial score (nSPS) is 25.1. The zero-order valence-electron chi connectivity index (χ0n) is 14.2. The number of hydrogen-bond donors (Lipinski definition) is 0. The Bertz CT molecular complexity index is 723. The summed E-state index contributed by atoms with van der Waals surface area (Å²) in [4.78, 5) is 28.7. The van der Waals surface area contributed by atoms with Crippen molar-refractivity contribution in [3.63, 3.8) is 0 Å². The summed E-state index contributed by atoms with van der Waals surface area (Å²) in [5.74, 6) is 1.32. The van der Waals surface area contributed by atoms with Crippen LogP contribution in [0.1, 0.15) is 18.4 Å². The van der Waals surface area contributed by atoms with Gasteiger partial charge in [0.05, 0.1) is 12.3 Å². The van der Waals surface area contributed by atoms with E-state index in [9.17, 15) is 9.59 Å². The van der Waals surface area contributed by atoms with Gasteiger partial charge in [-0.05, 0) is 24.5 Å². The summed E-state index contributed by atoms with van der Waals surface area (Å²) in [5.41, 5.74) is 0.729. The lowest BCUT2D eigenvalue weighted by atomic mass is 9.95. The lowest BCUT2D eigenvalue weighted by Crippen LogP contribution is -2.45. The van der Waals surface area contributed by atoms with E-state index in [0.29, 0.717) is 42.8 Å². The second kappa shape index (κ2) is 6.41. The molecule has 0 saturated carbocycles. The molecule has 0 unspecified atom stereocenters. The van der Waals surface area contributed by atoms with Crippen LogP contribution >= 0.6 is 11.6 Å². The quantitative estimate of drug-likeness (QED) is 0.802. The third-order valence-electron chi connectivity index (χ3n) is 5.37. The van der Waals surface area contributed by atoms with Crippen molar-refractivity contribution in [3.05, 3.63) is 22.7 Å². The molecule has 0 radical (unpaired) electrons. The second-order valence-electron chi connectivity index (χ2n) is 6.94. The molecule has 6 nitrogen and oxygen atoms in total. The van der Waals surface area contributed by atoms with Gasteiger partial charge in [0.25, 0.3) is 0 Å². The molecule has 4 heterocycles. The number of rotatable bonds is 2. The van der Waals surface area contributed by atoms with E-state index in [1.807, 2.05) is 11.9 Å². The standard InChI is InChI=1S/C18H21ClN2O4/c1-20-13-3-2-11(18(20)23)9-21(10-13)17(22)7-12-6-15-16(8-14(12)19)25-5-4-24-15/h6,8,11,13H,2-5,7,9-10H2,1H3/t11-,13+/m1/s1. The lowest BCUT2D eigenvalue weighted by molar-refractivity contribution is -0.138. The fourth-order valence-electron chi connectivity index (χ4n) is 3.88. The monoisotopic (exact) mass is 364 g/mol. The highest BCUT2D eigenvalue weighted by Gasteiger charge is 2.40. The Kier molecular flexibility index (Phi) is 4.23. The molecule has 0 N–H and O–H groups in total. The minimum Gasteiger partial charge on any atom is -0.486 e. The van der Waals surface area contributed by atoms with E-state index >= 15 is 0 Å². The molecule has 5 rings (SSSR count). The van der Waals surface area contributed by atoms with Crippen LogP contribution in [0, 0.1) is 5.92 Å². The first kappa shape index (κ1) is 16.5. The van der Waals surface area contributed by atoms with E-state index in [0.717, 1.165) is 18.4 Å². The zero-order chi connectivity index (χ0) is 17.6. The number of carbonyl (C=O) groups is 2. The summed E-state index contributed by atoms with van der Waals surface area (Å²) < 4.78 is 11.1. The van der Waals surface area contributed by atoms with Crippen molar-refractivity contribution < 1.29 is 19.1 Å². The summed E-state index contributed by atoms with van der Waals surface area (Å²) in [6, 6.07) is 3.62. The number of halogens is 1. The van der Waals surface area contributed by atoms with Crippen LogP contribution in [0.5, 0.6) is 11.5 Å². The Balaban J connectivity index is 1.52. The maximum atomic E-state index is 12.8. The highest BCUT2D eigenvalue weighted by molar-refractivity contribution is 6.31. The molecule has 3 saturated heterocycles. The van der Waals surface area contributed by atoms with Crippen LogP contribution in [0.4, 0.5) is 0 Å². The van der Waals surface area contributed by atoms with Gasteiger partial charge < -0.3 is 19.3 Å². The molecule has 0 aliphatic carbocycles. The van der Waals surface area contributed by atoms with Crippen molar-refractivity contribution in [3.8, 4) is 11.5 Å². The Hall–Kier alpha value is -1.95. The number of piperidine rings is 1. The van der Waals surface area contributed by atoms with Crippen LogP contribution in [0.3, 0.4) is 0 Å². The maximum Gasteiger partial charge on any atom is 0.227 e. The van der Waals surface area contributed by atoms with Gasteiger partial charge >= 0.3 is 0 Å². The first-order chi connectivity index (χ1) is 12.0. The number of nitrogens with zero attached hydrogens (tertiary/aromatic N) is 2. The van der Waals surface area contributed by atoms with Crippen molar-refractivity contribution in [2.45, 2.75) is 25.3 Å². The Morgan fingerprint density at radius 3 is 2.68 bits per heavy atom. The van der Waals surface area contributed by atoms with Gasteiger partial charge in [0.2, 0.25) is 11.8 Å². The first-order valence-electron chi connectivity index (χ1n) is 8.65. The SMILES string of the molecule is CN1C(=O)[C@@H]2CC[C@H]1CN(C(=O)Cc1cc3c(cc1Cl)OCCO3)C2. The topological polar surface area (TPSA) is 59.1 Å². The molecular formula is C18H21ClN2O4. The van der Waals surface area contributed by atoms with Gasteiger partial charge in [0.15, 0.2) is 11.5 Å². The number of fused-ring (bicyclic) bond motifs is 5. The molecule has 0 spiro atoms. The smallest absolute Gasteiger partial charge is 0.227 e. The molecule has 4 aliphatic rings. The van der Waals surface area contributed by atoms with Crippen molar-refractivity contribution in [2.75, 3.05) is 33.4 Å². The fraction of sp³-hybridized carbons (Fsp3) is 0.556. The number of hydrogen-bond acceptors (Lipinski definition) is 4. The molecule has 134 valence electrons. The molecule has 0 aromatic heterocycles. The number of amides is 2. The molecule has 25 heavy (non-hydrogen) atoms. The van der Waals surface area contributed by atoms with Crippen molar-refractivity contribution in [1.82, 2.24) is 9.80 Å². The molecule has 1 aromatic rings. The third-order valence-corrected chi connectivity index (χ3v) is 5.72. The van der Waals surface area contributed by atoms with Gasteiger partial charge in [-0.1, -0.05) is 11.6 Å².